The summed E-state index contributed by atoms with van der Waals surface area (Å²) in [5, 5.41) is 0.583. The maximum absolute atomic E-state index is 13.5. The van der Waals surface area contributed by atoms with Crippen molar-refractivity contribution < 1.29 is 13.2 Å². The van der Waals surface area contributed by atoms with E-state index in [0.717, 1.165) is 11.1 Å². The first kappa shape index (κ1) is 18.6. The summed E-state index contributed by atoms with van der Waals surface area (Å²) in [6.45, 7) is 2.06. The van der Waals surface area contributed by atoms with Crippen molar-refractivity contribution in [3.8, 4) is 5.75 Å². The van der Waals surface area contributed by atoms with Crippen LogP contribution in [0.15, 0.2) is 83.4 Å². The second-order valence-corrected chi connectivity index (χ2v) is 8.75. The zero-order chi connectivity index (χ0) is 19.7. The van der Waals surface area contributed by atoms with Gasteiger partial charge in [-0.15, -0.1) is 0 Å². The van der Waals surface area contributed by atoms with E-state index in [9.17, 15) is 8.42 Å². The van der Waals surface area contributed by atoms with Crippen molar-refractivity contribution in [3.63, 3.8) is 0 Å². The summed E-state index contributed by atoms with van der Waals surface area (Å²) in [4.78, 5) is 0.229. The highest BCUT2D eigenvalue weighted by atomic mass is 35.5. The monoisotopic (exact) mass is 411 g/mol. The lowest BCUT2D eigenvalue weighted by Crippen LogP contribution is -2.36. The van der Waals surface area contributed by atoms with Gasteiger partial charge in [-0.3, -0.25) is 0 Å². The molecule has 1 heterocycles. The van der Waals surface area contributed by atoms with Crippen molar-refractivity contribution in [2.45, 2.75) is 11.8 Å². The van der Waals surface area contributed by atoms with Crippen LogP contribution in [-0.4, -0.2) is 15.0 Å². The van der Waals surface area contributed by atoms with E-state index in [2.05, 4.69) is 0 Å². The summed E-state index contributed by atoms with van der Waals surface area (Å²) in [5.74, 6) is 0.529. The molecule has 0 bridgehead atoms. The molecule has 142 valence electrons. The summed E-state index contributed by atoms with van der Waals surface area (Å²) in [6.07, 6.45) is 1.79. The molecule has 1 aliphatic rings. The minimum atomic E-state index is -3.82. The van der Waals surface area contributed by atoms with Gasteiger partial charge in [0.05, 0.1) is 16.3 Å². The summed E-state index contributed by atoms with van der Waals surface area (Å²) >= 11 is 6.09. The molecule has 3 aromatic carbocycles. The predicted octanol–water partition coefficient (Wildman–Crippen LogP) is 5.28. The number of fused-ring (bicyclic) bond motifs is 1. The Morgan fingerprint density at radius 2 is 1.75 bits per heavy atom. The minimum absolute atomic E-state index is 0.134. The third kappa shape index (κ3) is 3.51. The number of sulfonamides is 1. The van der Waals surface area contributed by atoms with Gasteiger partial charge in [0.15, 0.2) is 0 Å². The van der Waals surface area contributed by atoms with E-state index in [4.69, 9.17) is 16.3 Å². The second kappa shape index (κ2) is 7.34. The topological polar surface area (TPSA) is 46.6 Å². The summed E-state index contributed by atoms with van der Waals surface area (Å²) < 4.78 is 34.2. The van der Waals surface area contributed by atoms with Crippen LogP contribution in [0.25, 0.3) is 6.08 Å². The molecule has 0 atom stereocenters. The number of ether oxygens (including phenoxy) is 1. The molecule has 28 heavy (non-hydrogen) atoms. The highest BCUT2D eigenvalue weighted by Crippen LogP contribution is 2.39. The van der Waals surface area contributed by atoms with Gasteiger partial charge >= 0.3 is 0 Å². The Balaban J connectivity index is 1.88. The average Bonchev–Trinajstić information content (AvgIpc) is 2.68. The van der Waals surface area contributed by atoms with Crippen LogP contribution in [0.3, 0.4) is 0 Å². The highest BCUT2D eigenvalue weighted by Gasteiger charge is 2.33. The van der Waals surface area contributed by atoms with Crippen molar-refractivity contribution in [1.29, 1.82) is 0 Å². The fourth-order valence-corrected chi connectivity index (χ4v) is 4.81. The second-order valence-electron chi connectivity index (χ2n) is 6.53. The van der Waals surface area contributed by atoms with Crippen LogP contribution in [0.4, 0.5) is 5.69 Å². The van der Waals surface area contributed by atoms with E-state index in [0.29, 0.717) is 22.2 Å². The van der Waals surface area contributed by atoms with Gasteiger partial charge in [-0.05, 0) is 55.0 Å². The van der Waals surface area contributed by atoms with Gasteiger partial charge < -0.3 is 4.74 Å². The van der Waals surface area contributed by atoms with Crippen molar-refractivity contribution in [3.05, 3.63) is 94.6 Å². The first-order chi connectivity index (χ1) is 13.4. The molecular weight excluding hydrogens is 394 g/mol. The third-order valence-corrected chi connectivity index (χ3v) is 6.48. The first-order valence-corrected chi connectivity index (χ1v) is 10.6. The summed E-state index contributed by atoms with van der Waals surface area (Å²) in [6, 6.07) is 21.2. The molecule has 0 amide bonds. The number of hydrogen-bond acceptors (Lipinski definition) is 3. The van der Waals surface area contributed by atoms with Crippen LogP contribution < -0.4 is 9.04 Å². The number of halogens is 1. The molecule has 0 radical (unpaired) electrons. The van der Waals surface area contributed by atoms with E-state index in [-0.39, 0.29) is 11.5 Å². The van der Waals surface area contributed by atoms with E-state index in [1.165, 1.54) is 4.31 Å². The lowest BCUT2D eigenvalue weighted by molar-refractivity contribution is 0.342. The molecule has 0 N–H and O–H groups in total. The van der Waals surface area contributed by atoms with Crippen molar-refractivity contribution >= 4 is 33.4 Å². The molecule has 0 aromatic heterocycles. The Morgan fingerprint density at radius 3 is 2.50 bits per heavy atom. The van der Waals surface area contributed by atoms with Crippen LogP contribution in [0.2, 0.25) is 5.02 Å². The lowest BCUT2D eigenvalue weighted by Gasteiger charge is -2.32. The minimum Gasteiger partial charge on any atom is -0.485 e. The maximum atomic E-state index is 13.5. The van der Waals surface area contributed by atoms with Gasteiger partial charge in [0, 0.05) is 5.02 Å². The molecule has 0 unspecified atom stereocenters. The zero-order valence-corrected chi connectivity index (χ0v) is 16.7. The fourth-order valence-electron chi connectivity index (χ4n) is 3.10. The van der Waals surface area contributed by atoms with Crippen molar-refractivity contribution in [2.24, 2.45) is 0 Å². The van der Waals surface area contributed by atoms with Crippen LogP contribution >= 0.6 is 11.6 Å². The molecule has 4 rings (SSSR count). The molecule has 0 spiro atoms. The van der Waals surface area contributed by atoms with Crippen LogP contribution in [0, 0.1) is 6.92 Å². The van der Waals surface area contributed by atoms with E-state index in [1.807, 2.05) is 25.1 Å². The number of aryl methyl sites for hydroxylation is 1. The molecular formula is C22H18ClNO3S. The standard InChI is InChI=1S/C22H18ClNO3S/c1-16-9-11-20(12-10-16)28(25,26)24-19(14-17-5-4-6-18(23)13-17)15-27-22-8-3-2-7-21(22)24/h2-14H,15H2,1H3/b19-14-. The third-order valence-electron chi connectivity index (χ3n) is 4.46. The smallest absolute Gasteiger partial charge is 0.268 e. The van der Waals surface area contributed by atoms with Gasteiger partial charge in [-0.2, -0.15) is 0 Å². The average molecular weight is 412 g/mol. The van der Waals surface area contributed by atoms with Gasteiger partial charge in [0.25, 0.3) is 10.0 Å². The van der Waals surface area contributed by atoms with E-state index in [1.54, 1.807) is 60.7 Å². The summed E-state index contributed by atoms with van der Waals surface area (Å²) in [5.41, 5.74) is 2.80. The Kier molecular flexibility index (Phi) is 4.87. The molecule has 3 aromatic rings. The maximum Gasteiger partial charge on any atom is 0.268 e. The summed E-state index contributed by atoms with van der Waals surface area (Å²) in [7, 11) is -3.82. The van der Waals surface area contributed by atoms with E-state index >= 15 is 0 Å². The van der Waals surface area contributed by atoms with E-state index < -0.39 is 10.0 Å². The predicted molar refractivity (Wildman–Crippen MR) is 112 cm³/mol. The van der Waals surface area contributed by atoms with Crippen molar-refractivity contribution in [2.75, 3.05) is 10.9 Å². The molecule has 0 aliphatic carbocycles. The molecule has 0 saturated heterocycles. The van der Waals surface area contributed by atoms with Gasteiger partial charge in [-0.1, -0.05) is 53.6 Å². The molecule has 1 aliphatic heterocycles. The SMILES string of the molecule is Cc1ccc(S(=O)(=O)N2/C(=C\c3cccc(Cl)c3)COc3ccccc32)cc1. The molecule has 6 heteroatoms. The first-order valence-electron chi connectivity index (χ1n) is 8.75. The number of nitrogens with zero attached hydrogens (tertiary/aromatic N) is 1. The lowest BCUT2D eigenvalue weighted by atomic mass is 10.1. The van der Waals surface area contributed by atoms with Crippen molar-refractivity contribution in [1.82, 2.24) is 0 Å². The van der Waals surface area contributed by atoms with Gasteiger partial charge in [-0.25, -0.2) is 12.7 Å². The molecule has 0 saturated carbocycles. The number of para-hydroxylation sites is 2. The largest absolute Gasteiger partial charge is 0.485 e. The van der Waals surface area contributed by atoms with Crippen LogP contribution in [0.1, 0.15) is 11.1 Å². The number of benzene rings is 3. The number of anilines is 1. The number of rotatable bonds is 3. The molecule has 4 nitrogen and oxygen atoms in total. The van der Waals surface area contributed by atoms with Crippen LogP contribution in [0.5, 0.6) is 5.75 Å². The van der Waals surface area contributed by atoms with Gasteiger partial charge in [0.1, 0.15) is 12.4 Å². The normalized spacial score (nSPS) is 15.2. The molecule has 0 fully saturated rings. The zero-order valence-electron chi connectivity index (χ0n) is 15.2. The van der Waals surface area contributed by atoms with Crippen LogP contribution in [-0.2, 0) is 10.0 Å². The highest BCUT2D eigenvalue weighted by molar-refractivity contribution is 7.93. The Bertz CT molecular complexity index is 1150. The van der Waals surface area contributed by atoms with Gasteiger partial charge in [0.2, 0.25) is 0 Å². The number of hydrogen-bond donors (Lipinski definition) is 0. The Morgan fingerprint density at radius 1 is 1.00 bits per heavy atom. The fraction of sp³-hybridized carbons (Fsp3) is 0.0909. The Labute approximate surface area is 169 Å². The quantitative estimate of drug-likeness (QED) is 0.589. The Hall–Kier alpha value is -2.76.